The highest BCUT2D eigenvalue weighted by Gasteiger charge is 2.42. The Morgan fingerprint density at radius 2 is 1.72 bits per heavy atom. The Labute approximate surface area is 191 Å². The summed E-state index contributed by atoms with van der Waals surface area (Å²) in [7, 11) is -1.48. The van der Waals surface area contributed by atoms with Crippen LogP contribution in [0.5, 0.6) is 0 Å². The first-order chi connectivity index (χ1) is 15.1. The maximum Gasteiger partial charge on any atom is 0.331 e. The molecule has 0 atom stereocenters. The summed E-state index contributed by atoms with van der Waals surface area (Å²) in [6, 6.07) is 8.73. The number of hydrogen-bond acceptors (Lipinski definition) is 5. The van der Waals surface area contributed by atoms with Crippen LogP contribution in [0, 0.1) is 5.82 Å². The van der Waals surface area contributed by atoms with Gasteiger partial charge in [0.25, 0.3) is 15.9 Å². The molecule has 3 rings (SSSR count). The highest BCUT2D eigenvalue weighted by atomic mass is 35.5. The van der Waals surface area contributed by atoms with Gasteiger partial charge in [0.15, 0.2) is 0 Å². The summed E-state index contributed by atoms with van der Waals surface area (Å²) in [5.74, 6) is -1.70. The minimum Gasteiger partial charge on any atom is -0.467 e. The minimum absolute atomic E-state index is 0.0433. The largest absolute Gasteiger partial charge is 0.467 e. The lowest BCUT2D eigenvalue weighted by atomic mass is 9.81. The van der Waals surface area contributed by atoms with Crippen LogP contribution in [0.15, 0.2) is 47.4 Å². The molecule has 0 heterocycles. The Balaban J connectivity index is 1.93. The zero-order chi connectivity index (χ0) is 23.5. The predicted octanol–water partition coefficient (Wildman–Crippen LogP) is 3.91. The van der Waals surface area contributed by atoms with Crippen LogP contribution < -0.4 is 9.62 Å². The number of anilines is 1. The van der Waals surface area contributed by atoms with Crippen molar-refractivity contribution in [3.8, 4) is 0 Å². The van der Waals surface area contributed by atoms with Crippen LogP contribution >= 0.6 is 11.6 Å². The van der Waals surface area contributed by atoms with E-state index in [1.54, 1.807) is 0 Å². The van der Waals surface area contributed by atoms with Gasteiger partial charge in [0.1, 0.15) is 11.4 Å². The molecule has 0 aromatic heterocycles. The third-order valence-corrected chi connectivity index (χ3v) is 7.78. The molecular weight excluding hydrogens is 459 g/mol. The van der Waals surface area contributed by atoms with E-state index < -0.39 is 33.3 Å². The molecule has 1 aliphatic rings. The topological polar surface area (TPSA) is 92.8 Å². The quantitative estimate of drug-likeness (QED) is 0.630. The van der Waals surface area contributed by atoms with Crippen LogP contribution in [0.1, 0.15) is 42.5 Å². The van der Waals surface area contributed by atoms with Crippen LogP contribution in [0.3, 0.4) is 0 Å². The predicted molar refractivity (Wildman–Crippen MR) is 119 cm³/mol. The van der Waals surface area contributed by atoms with Crippen molar-refractivity contribution in [1.29, 1.82) is 0 Å². The van der Waals surface area contributed by atoms with Crippen LogP contribution in [-0.4, -0.2) is 40.0 Å². The summed E-state index contributed by atoms with van der Waals surface area (Å²) in [4.78, 5) is 25.3. The van der Waals surface area contributed by atoms with E-state index in [1.807, 2.05) is 0 Å². The van der Waals surface area contributed by atoms with E-state index >= 15 is 0 Å². The molecule has 0 bridgehead atoms. The van der Waals surface area contributed by atoms with E-state index in [9.17, 15) is 22.4 Å². The number of esters is 1. The standard InChI is InChI=1S/C22H24ClFN2O5S/c1-26(16-8-6-15(24)7-9-16)32(29,30)17-10-11-19(23)18(14-17)20(27)25-22(21(28)31-2)12-4-3-5-13-22/h6-11,14H,3-5,12-13H2,1-2H3,(H,25,27). The van der Waals surface area contributed by atoms with Gasteiger partial charge in [0, 0.05) is 7.05 Å². The first-order valence-electron chi connectivity index (χ1n) is 10.1. The summed E-state index contributed by atoms with van der Waals surface area (Å²) in [5, 5.41) is 2.78. The Bertz CT molecular complexity index is 1120. The van der Waals surface area contributed by atoms with Crippen molar-refractivity contribution >= 4 is 39.2 Å². The number of ether oxygens (including phenoxy) is 1. The third-order valence-electron chi connectivity index (χ3n) is 5.67. The van der Waals surface area contributed by atoms with Crippen molar-refractivity contribution in [1.82, 2.24) is 5.32 Å². The number of nitrogens with one attached hydrogen (secondary N) is 1. The van der Waals surface area contributed by atoms with Crippen LogP contribution in [0.2, 0.25) is 5.02 Å². The number of amides is 1. The Kier molecular flexibility index (Phi) is 7.09. The molecule has 1 amide bonds. The Morgan fingerprint density at radius 1 is 1.09 bits per heavy atom. The van der Waals surface area contributed by atoms with Gasteiger partial charge < -0.3 is 10.1 Å². The monoisotopic (exact) mass is 482 g/mol. The molecule has 10 heteroatoms. The van der Waals surface area contributed by atoms with Gasteiger partial charge in [-0.3, -0.25) is 9.10 Å². The fourth-order valence-corrected chi connectivity index (χ4v) is 5.23. The van der Waals surface area contributed by atoms with Gasteiger partial charge >= 0.3 is 5.97 Å². The highest BCUT2D eigenvalue weighted by molar-refractivity contribution is 7.92. The van der Waals surface area contributed by atoms with Gasteiger partial charge in [0.05, 0.1) is 28.3 Å². The summed E-state index contributed by atoms with van der Waals surface area (Å²) >= 11 is 6.20. The number of carbonyl (C=O) groups excluding carboxylic acids is 2. The molecular formula is C22H24ClFN2O5S. The lowest BCUT2D eigenvalue weighted by Crippen LogP contribution is -2.56. The van der Waals surface area contributed by atoms with Crippen molar-refractivity contribution in [2.75, 3.05) is 18.5 Å². The molecule has 0 aliphatic heterocycles. The minimum atomic E-state index is -4.07. The molecule has 0 saturated heterocycles. The zero-order valence-electron chi connectivity index (χ0n) is 17.7. The summed E-state index contributed by atoms with van der Waals surface area (Å²) in [5.41, 5.74) is -0.999. The van der Waals surface area contributed by atoms with Crippen molar-refractivity contribution < 1.29 is 27.1 Å². The van der Waals surface area contributed by atoms with Gasteiger partial charge in [0.2, 0.25) is 0 Å². The number of hydrogen-bond donors (Lipinski definition) is 1. The van der Waals surface area contributed by atoms with Gasteiger partial charge in [-0.05, 0) is 55.3 Å². The maximum absolute atomic E-state index is 13.2. The number of nitrogens with zero attached hydrogens (tertiary/aromatic N) is 1. The average Bonchev–Trinajstić information content (AvgIpc) is 2.79. The second-order valence-electron chi connectivity index (χ2n) is 7.68. The van der Waals surface area contributed by atoms with Crippen LogP contribution in [0.4, 0.5) is 10.1 Å². The van der Waals surface area contributed by atoms with E-state index in [0.29, 0.717) is 12.8 Å². The SMILES string of the molecule is COC(=O)C1(NC(=O)c2cc(S(=O)(=O)N(C)c3ccc(F)cc3)ccc2Cl)CCCCC1. The van der Waals surface area contributed by atoms with Crippen molar-refractivity contribution in [2.45, 2.75) is 42.5 Å². The molecule has 1 N–H and O–H groups in total. The van der Waals surface area contributed by atoms with Crippen molar-refractivity contribution in [2.24, 2.45) is 0 Å². The van der Waals surface area contributed by atoms with Gasteiger partial charge in [-0.25, -0.2) is 17.6 Å². The molecule has 1 fully saturated rings. The fraction of sp³-hybridized carbons (Fsp3) is 0.364. The second kappa shape index (κ2) is 9.46. The van der Waals surface area contributed by atoms with E-state index in [1.165, 1.54) is 44.5 Å². The van der Waals surface area contributed by atoms with E-state index in [4.69, 9.17) is 16.3 Å². The van der Waals surface area contributed by atoms with E-state index in [2.05, 4.69) is 5.32 Å². The van der Waals surface area contributed by atoms with Gasteiger partial charge in [-0.2, -0.15) is 0 Å². The molecule has 2 aromatic rings. The molecule has 0 unspecified atom stereocenters. The maximum atomic E-state index is 13.2. The zero-order valence-corrected chi connectivity index (χ0v) is 19.3. The first kappa shape index (κ1) is 24.0. The molecule has 1 aliphatic carbocycles. The summed E-state index contributed by atoms with van der Waals surface area (Å²) in [6.45, 7) is 0. The molecule has 7 nitrogen and oxygen atoms in total. The Morgan fingerprint density at radius 3 is 2.31 bits per heavy atom. The first-order valence-corrected chi connectivity index (χ1v) is 11.9. The number of carbonyl (C=O) groups is 2. The molecule has 2 aromatic carbocycles. The molecule has 0 radical (unpaired) electrons. The van der Waals surface area contributed by atoms with Gasteiger partial charge in [-0.1, -0.05) is 30.9 Å². The second-order valence-corrected chi connectivity index (χ2v) is 10.1. The molecule has 1 saturated carbocycles. The molecule has 172 valence electrons. The van der Waals surface area contributed by atoms with Gasteiger partial charge in [-0.15, -0.1) is 0 Å². The number of halogens is 2. The van der Waals surface area contributed by atoms with Crippen molar-refractivity contribution in [3.05, 3.63) is 58.9 Å². The number of methoxy groups -OCH3 is 1. The molecule has 32 heavy (non-hydrogen) atoms. The van der Waals surface area contributed by atoms with Crippen molar-refractivity contribution in [3.63, 3.8) is 0 Å². The van der Waals surface area contributed by atoms with E-state index in [-0.39, 0.29) is 21.2 Å². The van der Waals surface area contributed by atoms with E-state index in [0.717, 1.165) is 35.7 Å². The normalized spacial score (nSPS) is 15.6. The lowest BCUT2D eigenvalue weighted by molar-refractivity contribution is -0.149. The fourth-order valence-electron chi connectivity index (χ4n) is 3.80. The van der Waals surface area contributed by atoms with Crippen LogP contribution in [-0.2, 0) is 19.6 Å². The lowest BCUT2D eigenvalue weighted by Gasteiger charge is -2.35. The smallest absolute Gasteiger partial charge is 0.331 e. The highest BCUT2D eigenvalue weighted by Crippen LogP contribution is 2.31. The number of rotatable bonds is 6. The molecule has 0 spiro atoms. The summed E-state index contributed by atoms with van der Waals surface area (Å²) in [6.07, 6.45) is 3.29. The summed E-state index contributed by atoms with van der Waals surface area (Å²) < 4.78 is 45.3. The number of sulfonamides is 1. The number of benzene rings is 2. The van der Waals surface area contributed by atoms with Crippen LogP contribution in [0.25, 0.3) is 0 Å². The Hall–Kier alpha value is -2.65. The average molecular weight is 483 g/mol. The third kappa shape index (κ3) is 4.73.